The minimum Gasteiger partial charge on any atom is -0.322 e. The number of rotatable bonds is 2. The van der Waals surface area contributed by atoms with E-state index in [-0.39, 0.29) is 6.03 Å². The number of piperazine rings is 1. The monoisotopic (exact) mass is 303 g/mol. The largest absolute Gasteiger partial charge is 0.323 e. The van der Waals surface area contributed by atoms with Gasteiger partial charge in [0.15, 0.2) is 5.82 Å². The molecular formula is C16H25N5O. The van der Waals surface area contributed by atoms with Crippen molar-refractivity contribution >= 4 is 11.8 Å². The molecule has 1 aliphatic heterocycles. The number of anilines is 1. The molecule has 3 atom stereocenters. The van der Waals surface area contributed by atoms with E-state index in [2.05, 4.69) is 15.3 Å². The third-order valence-corrected chi connectivity index (χ3v) is 5.72. The van der Waals surface area contributed by atoms with Crippen molar-refractivity contribution in [3.63, 3.8) is 0 Å². The average molecular weight is 303 g/mol. The summed E-state index contributed by atoms with van der Waals surface area (Å²) in [6.07, 6.45) is 7.56. The lowest BCUT2D eigenvalue weighted by Gasteiger charge is -2.40. The van der Waals surface area contributed by atoms with Gasteiger partial charge < -0.3 is 4.90 Å². The van der Waals surface area contributed by atoms with Gasteiger partial charge in [-0.3, -0.25) is 14.9 Å². The van der Waals surface area contributed by atoms with Crippen LogP contribution >= 0.6 is 0 Å². The third kappa shape index (κ3) is 2.60. The van der Waals surface area contributed by atoms with Crippen LogP contribution in [-0.2, 0) is 7.05 Å². The molecule has 1 N–H and O–H groups in total. The van der Waals surface area contributed by atoms with Crippen molar-refractivity contribution in [2.45, 2.75) is 31.7 Å². The van der Waals surface area contributed by atoms with E-state index in [1.165, 1.54) is 25.7 Å². The number of urea groups is 1. The highest BCUT2D eigenvalue weighted by atomic mass is 16.2. The predicted octanol–water partition coefficient (Wildman–Crippen LogP) is 1.76. The molecule has 0 radical (unpaired) electrons. The van der Waals surface area contributed by atoms with Crippen molar-refractivity contribution in [3.8, 4) is 0 Å². The highest BCUT2D eigenvalue weighted by molar-refractivity contribution is 5.88. The quantitative estimate of drug-likeness (QED) is 0.906. The number of aryl methyl sites for hydroxylation is 1. The molecule has 0 spiro atoms. The van der Waals surface area contributed by atoms with Crippen LogP contribution < -0.4 is 5.32 Å². The molecule has 6 nitrogen and oxygen atoms in total. The van der Waals surface area contributed by atoms with Gasteiger partial charge in [-0.1, -0.05) is 6.42 Å². The molecule has 4 rings (SSSR count). The van der Waals surface area contributed by atoms with E-state index in [4.69, 9.17) is 0 Å². The fraction of sp³-hybridized carbons (Fsp3) is 0.750. The topological polar surface area (TPSA) is 53.4 Å². The normalized spacial score (nSPS) is 31.7. The van der Waals surface area contributed by atoms with E-state index in [0.717, 1.165) is 44.1 Å². The Morgan fingerprint density at radius 3 is 2.64 bits per heavy atom. The van der Waals surface area contributed by atoms with Crippen molar-refractivity contribution in [1.82, 2.24) is 19.6 Å². The van der Waals surface area contributed by atoms with Gasteiger partial charge in [-0.25, -0.2) is 4.79 Å². The van der Waals surface area contributed by atoms with Gasteiger partial charge >= 0.3 is 6.03 Å². The Morgan fingerprint density at radius 1 is 1.23 bits per heavy atom. The summed E-state index contributed by atoms with van der Waals surface area (Å²) in [6.45, 7) is 3.69. The second-order valence-electron chi connectivity index (χ2n) is 7.07. The maximum atomic E-state index is 12.3. The molecule has 2 heterocycles. The maximum absolute atomic E-state index is 12.3. The molecule has 1 aromatic heterocycles. The number of carbonyl (C=O) groups excluding carboxylic acids is 1. The zero-order chi connectivity index (χ0) is 15.1. The molecule has 3 unspecified atom stereocenters. The lowest BCUT2D eigenvalue weighted by atomic mass is 9.93. The average Bonchev–Trinajstić information content (AvgIpc) is 3.24. The van der Waals surface area contributed by atoms with E-state index >= 15 is 0 Å². The molecule has 6 heteroatoms. The van der Waals surface area contributed by atoms with Crippen LogP contribution in [0.2, 0.25) is 0 Å². The number of amides is 2. The van der Waals surface area contributed by atoms with Crippen LogP contribution in [0.15, 0.2) is 12.3 Å². The predicted molar refractivity (Wildman–Crippen MR) is 84.6 cm³/mol. The molecule has 2 amide bonds. The van der Waals surface area contributed by atoms with Gasteiger partial charge in [0.05, 0.1) is 0 Å². The van der Waals surface area contributed by atoms with Gasteiger partial charge in [0, 0.05) is 51.5 Å². The van der Waals surface area contributed by atoms with Crippen LogP contribution in [0.1, 0.15) is 25.7 Å². The van der Waals surface area contributed by atoms with Crippen LogP contribution in [0.5, 0.6) is 0 Å². The molecule has 3 aliphatic rings. The summed E-state index contributed by atoms with van der Waals surface area (Å²) in [4.78, 5) is 16.8. The van der Waals surface area contributed by atoms with Crippen molar-refractivity contribution in [2.24, 2.45) is 18.9 Å². The maximum Gasteiger partial charge on any atom is 0.323 e. The van der Waals surface area contributed by atoms with Gasteiger partial charge in [0.1, 0.15) is 0 Å². The molecule has 120 valence electrons. The molecule has 2 saturated carbocycles. The van der Waals surface area contributed by atoms with Crippen LogP contribution in [-0.4, -0.2) is 57.8 Å². The summed E-state index contributed by atoms with van der Waals surface area (Å²) in [7, 11) is 1.85. The van der Waals surface area contributed by atoms with E-state index in [9.17, 15) is 4.79 Å². The van der Waals surface area contributed by atoms with Crippen LogP contribution in [0.4, 0.5) is 10.6 Å². The lowest BCUT2D eigenvalue weighted by molar-refractivity contribution is 0.0859. The molecule has 0 aromatic carbocycles. The van der Waals surface area contributed by atoms with Gasteiger partial charge in [0.2, 0.25) is 0 Å². The number of nitrogens with zero attached hydrogens (tertiary/aromatic N) is 4. The molecule has 3 fully saturated rings. The summed E-state index contributed by atoms with van der Waals surface area (Å²) in [5, 5.41) is 7.08. The minimum atomic E-state index is -0.0220. The fourth-order valence-electron chi connectivity index (χ4n) is 4.59. The number of carbonyl (C=O) groups is 1. The zero-order valence-electron chi connectivity index (χ0n) is 13.2. The third-order valence-electron chi connectivity index (χ3n) is 5.72. The first-order valence-corrected chi connectivity index (χ1v) is 8.48. The Balaban J connectivity index is 1.29. The van der Waals surface area contributed by atoms with Gasteiger partial charge in [-0.15, -0.1) is 0 Å². The van der Waals surface area contributed by atoms with Gasteiger partial charge in [-0.2, -0.15) is 5.10 Å². The highest BCUT2D eigenvalue weighted by Crippen LogP contribution is 2.46. The van der Waals surface area contributed by atoms with Crippen LogP contribution in [0.25, 0.3) is 0 Å². The Bertz CT molecular complexity index is 548. The Hall–Kier alpha value is -1.56. The molecule has 1 aromatic rings. The smallest absolute Gasteiger partial charge is 0.322 e. The Morgan fingerprint density at radius 2 is 2.05 bits per heavy atom. The summed E-state index contributed by atoms with van der Waals surface area (Å²) < 4.78 is 1.70. The van der Waals surface area contributed by atoms with Crippen molar-refractivity contribution in [2.75, 3.05) is 31.5 Å². The van der Waals surface area contributed by atoms with E-state index in [1.54, 1.807) is 4.68 Å². The number of fused-ring (bicyclic) bond motifs is 2. The fourth-order valence-corrected chi connectivity index (χ4v) is 4.59. The molecular weight excluding hydrogens is 278 g/mol. The summed E-state index contributed by atoms with van der Waals surface area (Å²) in [5.74, 6) is 2.54. The van der Waals surface area contributed by atoms with Crippen molar-refractivity contribution in [1.29, 1.82) is 0 Å². The summed E-state index contributed by atoms with van der Waals surface area (Å²) in [6, 6.07) is 2.59. The van der Waals surface area contributed by atoms with Gasteiger partial charge in [-0.05, 0) is 31.1 Å². The highest BCUT2D eigenvalue weighted by Gasteiger charge is 2.42. The number of aromatic nitrogens is 2. The molecule has 2 aliphatic carbocycles. The lowest BCUT2D eigenvalue weighted by Crippen LogP contribution is -2.54. The van der Waals surface area contributed by atoms with E-state index in [0.29, 0.717) is 5.82 Å². The van der Waals surface area contributed by atoms with Crippen LogP contribution in [0, 0.1) is 11.8 Å². The Labute approximate surface area is 131 Å². The second-order valence-corrected chi connectivity index (χ2v) is 7.07. The number of hydrogen-bond acceptors (Lipinski definition) is 3. The minimum absolute atomic E-state index is 0.0220. The molecule has 22 heavy (non-hydrogen) atoms. The summed E-state index contributed by atoms with van der Waals surface area (Å²) >= 11 is 0. The first-order chi connectivity index (χ1) is 10.7. The molecule has 1 saturated heterocycles. The Kier molecular flexibility index (Phi) is 3.56. The van der Waals surface area contributed by atoms with Crippen LogP contribution in [0.3, 0.4) is 0 Å². The van der Waals surface area contributed by atoms with Gasteiger partial charge in [0.25, 0.3) is 0 Å². The molecule has 2 bridgehead atoms. The first kappa shape index (κ1) is 14.1. The second kappa shape index (κ2) is 5.57. The van der Waals surface area contributed by atoms with E-state index < -0.39 is 0 Å². The SMILES string of the molecule is Cn1ccc(NC(=O)N2CCN(C3CC4CCC3C4)CC2)n1. The van der Waals surface area contributed by atoms with E-state index in [1.807, 2.05) is 24.2 Å². The zero-order valence-corrected chi connectivity index (χ0v) is 13.2. The number of hydrogen-bond donors (Lipinski definition) is 1. The summed E-state index contributed by atoms with van der Waals surface area (Å²) in [5.41, 5.74) is 0. The van der Waals surface area contributed by atoms with Crippen molar-refractivity contribution in [3.05, 3.63) is 12.3 Å². The standard InChI is InChI=1S/C16H25N5O/c1-19-5-4-15(18-19)17-16(22)21-8-6-20(7-9-21)14-11-12-2-3-13(14)10-12/h4-5,12-14H,2-3,6-11H2,1H3,(H,17,18,22). The number of nitrogens with one attached hydrogen (secondary N) is 1. The first-order valence-electron chi connectivity index (χ1n) is 8.48. The van der Waals surface area contributed by atoms with Crippen molar-refractivity contribution < 1.29 is 4.79 Å².